The highest BCUT2D eigenvalue weighted by Crippen LogP contribution is 2.31. The van der Waals surface area contributed by atoms with Crippen LogP contribution in [0.25, 0.3) is 11.4 Å². The van der Waals surface area contributed by atoms with Crippen LogP contribution in [-0.4, -0.2) is 76.4 Å². The Balaban J connectivity index is 1.38. The number of carbonyl (C=O) groups is 2. The summed E-state index contributed by atoms with van der Waals surface area (Å²) in [6.07, 6.45) is 8.25. The number of hydrogen-bond acceptors (Lipinski definition) is 9. The summed E-state index contributed by atoms with van der Waals surface area (Å²) in [5.74, 6) is 1.24. The van der Waals surface area contributed by atoms with E-state index < -0.39 is 6.04 Å². The van der Waals surface area contributed by atoms with Crippen molar-refractivity contribution in [1.29, 1.82) is 0 Å². The molecule has 1 aliphatic heterocycles. The van der Waals surface area contributed by atoms with Gasteiger partial charge in [-0.2, -0.15) is 4.80 Å². The Hall–Kier alpha value is -3.93. The van der Waals surface area contributed by atoms with E-state index in [-0.39, 0.29) is 37.0 Å². The average molecular weight is 553 g/mol. The summed E-state index contributed by atoms with van der Waals surface area (Å²) >= 11 is 0. The third-order valence-corrected chi connectivity index (χ3v) is 7.44. The number of ether oxygens (including phenoxy) is 3. The molecule has 2 aliphatic rings. The predicted molar refractivity (Wildman–Crippen MR) is 144 cm³/mol. The van der Waals surface area contributed by atoms with Crippen molar-refractivity contribution in [2.75, 3.05) is 27.4 Å². The van der Waals surface area contributed by atoms with Crippen molar-refractivity contribution in [1.82, 2.24) is 30.4 Å². The maximum Gasteiger partial charge on any atom is 0.250 e. The zero-order chi connectivity index (χ0) is 27.9. The minimum atomic E-state index is -0.942. The molecule has 2 atom stereocenters. The summed E-state index contributed by atoms with van der Waals surface area (Å²) < 4.78 is 22.2. The molecular weight excluding hydrogens is 516 g/mol. The molecule has 0 spiro atoms. The third kappa shape index (κ3) is 6.44. The van der Waals surface area contributed by atoms with Crippen LogP contribution in [0.1, 0.15) is 56.7 Å². The quantitative estimate of drug-likeness (QED) is 0.381. The highest BCUT2D eigenvalue weighted by atomic mass is 16.5. The molecule has 214 valence electrons. The molecule has 2 unspecified atom stereocenters. The van der Waals surface area contributed by atoms with Crippen molar-refractivity contribution < 1.29 is 28.2 Å². The van der Waals surface area contributed by atoms with Gasteiger partial charge in [-0.3, -0.25) is 9.59 Å². The lowest BCUT2D eigenvalue weighted by atomic mass is 9.95. The van der Waals surface area contributed by atoms with E-state index in [9.17, 15) is 9.59 Å². The Morgan fingerprint density at radius 2 is 1.93 bits per heavy atom. The molecule has 1 saturated carbocycles. The minimum absolute atomic E-state index is 0.0828. The summed E-state index contributed by atoms with van der Waals surface area (Å²) in [6.45, 7) is 0.673. The molecular formula is C28H36N6O6. The second kappa shape index (κ2) is 12.9. The fraction of sp³-hybridized carbons (Fsp3) is 0.536. The van der Waals surface area contributed by atoms with E-state index in [4.69, 9.17) is 18.6 Å². The van der Waals surface area contributed by atoms with Crippen LogP contribution in [0.5, 0.6) is 11.5 Å². The van der Waals surface area contributed by atoms with E-state index in [2.05, 4.69) is 20.7 Å². The van der Waals surface area contributed by atoms with E-state index in [1.807, 2.05) is 0 Å². The number of rotatable bonds is 11. The molecule has 5 rings (SSSR count). The van der Waals surface area contributed by atoms with Gasteiger partial charge in [0.1, 0.15) is 12.3 Å². The summed E-state index contributed by atoms with van der Waals surface area (Å²) in [6, 6.07) is 7.87. The SMILES string of the molecule is COc1ccc(-c2nnn(CC(=O)N(CC3CCCO3)C(C(=O)NC3CCCCC3)c3ccco3)n2)cc1OC. The third-order valence-electron chi connectivity index (χ3n) is 7.44. The maximum atomic E-state index is 13.8. The van der Waals surface area contributed by atoms with Gasteiger partial charge in [0.2, 0.25) is 11.7 Å². The van der Waals surface area contributed by atoms with Gasteiger partial charge in [-0.05, 0) is 61.2 Å². The first kappa shape index (κ1) is 27.6. The predicted octanol–water partition coefficient (Wildman–Crippen LogP) is 3.15. The molecule has 3 aromatic rings. The van der Waals surface area contributed by atoms with Crippen LogP contribution in [0, 0.1) is 0 Å². The van der Waals surface area contributed by atoms with Crippen LogP contribution >= 0.6 is 0 Å². The monoisotopic (exact) mass is 552 g/mol. The molecule has 1 aromatic carbocycles. The van der Waals surface area contributed by atoms with Gasteiger partial charge in [0.25, 0.3) is 5.91 Å². The Labute approximate surface area is 232 Å². The lowest BCUT2D eigenvalue weighted by Crippen LogP contribution is -2.49. The molecule has 2 fully saturated rings. The molecule has 2 amide bonds. The van der Waals surface area contributed by atoms with Crippen LogP contribution in [0.4, 0.5) is 0 Å². The van der Waals surface area contributed by atoms with Gasteiger partial charge in [0.15, 0.2) is 17.5 Å². The number of hydrogen-bond donors (Lipinski definition) is 1. The van der Waals surface area contributed by atoms with Gasteiger partial charge >= 0.3 is 0 Å². The second-order valence-corrected chi connectivity index (χ2v) is 10.2. The molecule has 1 N–H and O–H groups in total. The van der Waals surface area contributed by atoms with Gasteiger partial charge in [-0.15, -0.1) is 10.2 Å². The largest absolute Gasteiger partial charge is 0.493 e. The van der Waals surface area contributed by atoms with Crippen molar-refractivity contribution in [3.63, 3.8) is 0 Å². The second-order valence-electron chi connectivity index (χ2n) is 10.2. The number of nitrogens with one attached hydrogen (secondary N) is 1. The van der Waals surface area contributed by atoms with Gasteiger partial charge in [0, 0.05) is 24.8 Å². The van der Waals surface area contributed by atoms with Gasteiger partial charge < -0.3 is 28.8 Å². The Kier molecular flexibility index (Phi) is 8.94. The number of furan rings is 1. The number of aromatic nitrogens is 4. The number of benzene rings is 1. The number of tetrazole rings is 1. The molecule has 12 nitrogen and oxygen atoms in total. The van der Waals surface area contributed by atoms with E-state index in [0.717, 1.165) is 38.5 Å². The Morgan fingerprint density at radius 1 is 1.10 bits per heavy atom. The summed E-state index contributed by atoms with van der Waals surface area (Å²) in [5, 5.41) is 15.8. The van der Waals surface area contributed by atoms with Gasteiger partial charge in [-0.25, -0.2) is 0 Å². The highest BCUT2D eigenvalue weighted by molar-refractivity contribution is 5.88. The molecule has 12 heteroatoms. The summed E-state index contributed by atoms with van der Waals surface area (Å²) in [5.41, 5.74) is 0.660. The van der Waals surface area contributed by atoms with Crippen molar-refractivity contribution in [2.45, 2.75) is 69.7 Å². The number of amides is 2. The van der Waals surface area contributed by atoms with E-state index >= 15 is 0 Å². The first-order valence-electron chi connectivity index (χ1n) is 13.8. The van der Waals surface area contributed by atoms with Gasteiger partial charge in [0.05, 0.1) is 26.6 Å². The van der Waals surface area contributed by atoms with Crippen LogP contribution in [0.15, 0.2) is 41.0 Å². The van der Waals surface area contributed by atoms with Crippen molar-refractivity contribution >= 4 is 11.8 Å². The first-order chi connectivity index (χ1) is 19.6. The van der Waals surface area contributed by atoms with Crippen LogP contribution in [0.3, 0.4) is 0 Å². The zero-order valence-electron chi connectivity index (χ0n) is 23.0. The number of carbonyl (C=O) groups excluding carboxylic acids is 2. The lowest BCUT2D eigenvalue weighted by Gasteiger charge is -2.33. The molecule has 0 radical (unpaired) electrons. The fourth-order valence-corrected chi connectivity index (χ4v) is 5.37. The zero-order valence-corrected chi connectivity index (χ0v) is 23.0. The molecule has 1 aliphatic carbocycles. The smallest absolute Gasteiger partial charge is 0.250 e. The van der Waals surface area contributed by atoms with Gasteiger partial charge in [-0.1, -0.05) is 19.3 Å². The molecule has 2 aromatic heterocycles. The van der Waals surface area contributed by atoms with Crippen molar-refractivity contribution in [2.24, 2.45) is 0 Å². The molecule has 0 bridgehead atoms. The highest BCUT2D eigenvalue weighted by Gasteiger charge is 2.37. The average Bonchev–Trinajstić information content (AvgIpc) is 3.77. The van der Waals surface area contributed by atoms with Crippen molar-refractivity contribution in [3.8, 4) is 22.9 Å². The maximum absolute atomic E-state index is 13.8. The molecule has 40 heavy (non-hydrogen) atoms. The van der Waals surface area contributed by atoms with E-state index in [1.165, 1.54) is 22.4 Å². The standard InChI is InChI=1S/C28H36N6O6/c1-37-22-13-12-19(16-24(22)38-2)27-30-32-34(31-27)18-25(35)33(17-21-10-6-14-39-21)26(23-11-7-15-40-23)28(36)29-20-8-4-3-5-9-20/h7,11-13,15-16,20-21,26H,3-6,8-10,14,17-18H2,1-2H3,(H,29,36). The van der Waals surface area contributed by atoms with Crippen molar-refractivity contribution in [3.05, 3.63) is 42.4 Å². The molecule has 3 heterocycles. The van der Waals surface area contributed by atoms with Crippen LogP contribution < -0.4 is 14.8 Å². The normalized spacial score (nSPS) is 18.3. The number of methoxy groups -OCH3 is 2. The first-order valence-corrected chi connectivity index (χ1v) is 13.8. The van der Waals surface area contributed by atoms with E-state index in [1.54, 1.807) is 44.6 Å². The fourth-order valence-electron chi connectivity index (χ4n) is 5.37. The van der Waals surface area contributed by atoms with Crippen LogP contribution in [0.2, 0.25) is 0 Å². The summed E-state index contributed by atoms with van der Waals surface area (Å²) in [4.78, 5) is 30.3. The number of nitrogens with zero attached hydrogens (tertiary/aromatic N) is 5. The lowest BCUT2D eigenvalue weighted by molar-refractivity contribution is -0.144. The Bertz CT molecular complexity index is 1270. The Morgan fingerprint density at radius 3 is 2.62 bits per heavy atom. The molecule has 1 saturated heterocycles. The topological polar surface area (TPSA) is 134 Å². The van der Waals surface area contributed by atoms with E-state index in [0.29, 0.717) is 35.3 Å². The minimum Gasteiger partial charge on any atom is -0.493 e. The van der Waals surface area contributed by atoms with Crippen LogP contribution in [-0.2, 0) is 20.9 Å². The summed E-state index contributed by atoms with van der Waals surface area (Å²) in [7, 11) is 3.11.